The quantitative estimate of drug-likeness (QED) is 0.745. The molecule has 7 heteroatoms. The fourth-order valence-corrected chi connectivity index (χ4v) is 2.50. The van der Waals surface area contributed by atoms with Crippen LogP contribution in [0.25, 0.3) is 11.4 Å². The van der Waals surface area contributed by atoms with Gasteiger partial charge in [0.25, 0.3) is 0 Å². The van der Waals surface area contributed by atoms with Crippen LogP contribution in [0.4, 0.5) is 14.6 Å². The summed E-state index contributed by atoms with van der Waals surface area (Å²) in [5.74, 6) is -0.677. The van der Waals surface area contributed by atoms with Gasteiger partial charge in [0.2, 0.25) is 0 Å². The van der Waals surface area contributed by atoms with E-state index < -0.39 is 24.3 Å². The Morgan fingerprint density at radius 3 is 2.52 bits per heavy atom. The fourth-order valence-electron chi connectivity index (χ4n) is 2.50. The van der Waals surface area contributed by atoms with E-state index in [9.17, 15) is 13.9 Å². The number of hydrogen-bond donors (Lipinski definition) is 2. The molecule has 2 heterocycles. The van der Waals surface area contributed by atoms with Gasteiger partial charge in [0.1, 0.15) is 17.5 Å². The van der Waals surface area contributed by atoms with E-state index in [1.165, 1.54) is 6.07 Å². The first-order chi connectivity index (χ1) is 12.1. The van der Waals surface area contributed by atoms with Gasteiger partial charge in [-0.2, -0.15) is 0 Å². The highest BCUT2D eigenvalue weighted by atomic mass is 19.1. The number of rotatable bonds is 5. The zero-order valence-electron chi connectivity index (χ0n) is 13.4. The number of halogens is 2. The Balaban J connectivity index is 1.95. The highest BCUT2D eigenvalue weighted by Gasteiger charge is 2.20. The lowest BCUT2D eigenvalue weighted by atomic mass is 10.1. The third kappa shape index (κ3) is 3.77. The molecular formula is C18H16F2N4O. The second-order valence-corrected chi connectivity index (χ2v) is 5.47. The molecule has 0 bridgehead atoms. The number of pyridine rings is 1. The summed E-state index contributed by atoms with van der Waals surface area (Å²) in [6, 6.07) is 7.81. The lowest BCUT2D eigenvalue weighted by Gasteiger charge is -2.19. The van der Waals surface area contributed by atoms with Gasteiger partial charge in [-0.1, -0.05) is 6.07 Å². The molecule has 0 spiro atoms. The predicted molar refractivity (Wildman–Crippen MR) is 89.8 cm³/mol. The van der Waals surface area contributed by atoms with Crippen molar-refractivity contribution in [1.82, 2.24) is 15.0 Å². The Labute approximate surface area is 143 Å². The van der Waals surface area contributed by atoms with Gasteiger partial charge in [-0.05, 0) is 31.2 Å². The van der Waals surface area contributed by atoms with Gasteiger partial charge in [-0.25, -0.2) is 18.7 Å². The molecule has 2 aromatic heterocycles. The second kappa shape index (κ2) is 7.31. The highest BCUT2D eigenvalue weighted by molar-refractivity contribution is 5.56. The van der Waals surface area contributed by atoms with E-state index >= 15 is 0 Å². The molecule has 25 heavy (non-hydrogen) atoms. The number of hydrogen-bond acceptors (Lipinski definition) is 5. The van der Waals surface area contributed by atoms with E-state index in [4.69, 9.17) is 0 Å². The van der Waals surface area contributed by atoms with Crippen LogP contribution in [-0.2, 0) is 0 Å². The smallest absolute Gasteiger partial charge is 0.163 e. The van der Waals surface area contributed by atoms with E-state index in [2.05, 4.69) is 20.3 Å². The van der Waals surface area contributed by atoms with Crippen LogP contribution in [0.5, 0.6) is 0 Å². The molecule has 3 aromatic rings. The molecule has 0 amide bonds. The number of aliphatic hydroxyl groups is 1. The molecule has 128 valence electrons. The molecule has 1 atom stereocenters. The molecule has 0 radical (unpaired) electrons. The fraction of sp³-hybridized carbons (Fsp3) is 0.167. The zero-order chi connectivity index (χ0) is 17.8. The minimum absolute atomic E-state index is 0.232. The molecule has 1 aromatic carbocycles. The molecule has 1 unspecified atom stereocenters. The van der Waals surface area contributed by atoms with Crippen LogP contribution >= 0.6 is 0 Å². The van der Waals surface area contributed by atoms with Crippen LogP contribution in [0.3, 0.4) is 0 Å². The molecule has 0 aliphatic heterocycles. The molecule has 3 rings (SSSR count). The molecular weight excluding hydrogens is 326 g/mol. The average molecular weight is 342 g/mol. The van der Waals surface area contributed by atoms with Crippen LogP contribution in [-0.4, -0.2) is 26.7 Å². The van der Waals surface area contributed by atoms with Crippen molar-refractivity contribution >= 4 is 5.82 Å². The van der Waals surface area contributed by atoms with Crippen LogP contribution in [0, 0.1) is 18.6 Å². The van der Waals surface area contributed by atoms with Gasteiger partial charge in [-0.3, -0.25) is 4.98 Å². The third-order valence-electron chi connectivity index (χ3n) is 3.63. The molecule has 0 saturated carbocycles. The van der Waals surface area contributed by atoms with Crippen molar-refractivity contribution in [1.29, 1.82) is 0 Å². The minimum Gasteiger partial charge on any atom is -0.394 e. The van der Waals surface area contributed by atoms with E-state index in [0.29, 0.717) is 22.9 Å². The van der Waals surface area contributed by atoms with Gasteiger partial charge in [0, 0.05) is 35.3 Å². The van der Waals surface area contributed by atoms with Gasteiger partial charge >= 0.3 is 0 Å². The molecule has 0 saturated heterocycles. The Bertz CT molecular complexity index is 854. The first kappa shape index (κ1) is 16.9. The summed E-state index contributed by atoms with van der Waals surface area (Å²) in [7, 11) is 0. The van der Waals surface area contributed by atoms with Crippen LogP contribution < -0.4 is 5.32 Å². The van der Waals surface area contributed by atoms with Crippen molar-refractivity contribution in [2.24, 2.45) is 0 Å². The monoisotopic (exact) mass is 342 g/mol. The molecule has 5 nitrogen and oxygen atoms in total. The zero-order valence-corrected chi connectivity index (χ0v) is 13.4. The second-order valence-electron chi connectivity index (χ2n) is 5.47. The average Bonchev–Trinajstić information content (AvgIpc) is 2.61. The maximum absolute atomic E-state index is 14.0. The topological polar surface area (TPSA) is 70.9 Å². The van der Waals surface area contributed by atoms with E-state index in [0.717, 1.165) is 12.1 Å². The normalized spacial score (nSPS) is 12.0. The van der Waals surface area contributed by atoms with Crippen LogP contribution in [0.15, 0.2) is 48.8 Å². The van der Waals surface area contributed by atoms with Crippen molar-refractivity contribution in [3.05, 3.63) is 71.7 Å². The summed E-state index contributed by atoms with van der Waals surface area (Å²) in [5, 5.41) is 12.5. The maximum Gasteiger partial charge on any atom is 0.163 e. The van der Waals surface area contributed by atoms with Crippen LogP contribution in [0.1, 0.15) is 17.3 Å². The summed E-state index contributed by atoms with van der Waals surface area (Å²) in [6.07, 6.45) is 3.26. The summed E-state index contributed by atoms with van der Waals surface area (Å²) in [5.41, 5.74) is 1.15. The van der Waals surface area contributed by atoms with Gasteiger partial charge in [0.05, 0.1) is 12.6 Å². The lowest BCUT2D eigenvalue weighted by molar-refractivity contribution is 0.270. The summed E-state index contributed by atoms with van der Waals surface area (Å²) in [6.45, 7) is 1.29. The Morgan fingerprint density at radius 2 is 1.88 bits per heavy atom. The first-order valence-corrected chi connectivity index (χ1v) is 7.66. The molecule has 0 aliphatic carbocycles. The van der Waals surface area contributed by atoms with E-state index in [-0.39, 0.29) is 5.56 Å². The number of aliphatic hydroxyl groups excluding tert-OH is 1. The maximum atomic E-state index is 14.0. The third-order valence-corrected chi connectivity index (χ3v) is 3.63. The lowest BCUT2D eigenvalue weighted by Crippen LogP contribution is -2.19. The summed E-state index contributed by atoms with van der Waals surface area (Å²) >= 11 is 0. The number of nitrogens with zero attached hydrogens (tertiary/aromatic N) is 3. The number of aryl methyl sites for hydroxylation is 1. The summed E-state index contributed by atoms with van der Waals surface area (Å²) < 4.78 is 28.0. The Morgan fingerprint density at radius 1 is 1.12 bits per heavy atom. The standard InChI is InChI=1S/C18H16F2N4O/c1-11-8-16(24-18(22-11)12-4-3-7-21-9-12)23-15(10-25)17-13(19)5-2-6-14(17)20/h2-9,15,25H,10H2,1H3,(H,22,23,24). The van der Waals surface area contributed by atoms with Crippen molar-refractivity contribution in [3.63, 3.8) is 0 Å². The van der Waals surface area contributed by atoms with Gasteiger partial charge in [0.15, 0.2) is 5.82 Å². The van der Waals surface area contributed by atoms with Gasteiger partial charge < -0.3 is 10.4 Å². The van der Waals surface area contributed by atoms with Crippen molar-refractivity contribution in [3.8, 4) is 11.4 Å². The number of benzene rings is 1. The van der Waals surface area contributed by atoms with E-state index in [1.54, 1.807) is 31.5 Å². The van der Waals surface area contributed by atoms with Crippen molar-refractivity contribution in [2.75, 3.05) is 11.9 Å². The number of nitrogens with one attached hydrogen (secondary N) is 1. The summed E-state index contributed by atoms with van der Waals surface area (Å²) in [4.78, 5) is 12.7. The Kier molecular flexibility index (Phi) is 4.95. The SMILES string of the molecule is Cc1cc(NC(CO)c2c(F)cccc2F)nc(-c2cccnc2)n1. The highest BCUT2D eigenvalue weighted by Crippen LogP contribution is 2.25. The number of anilines is 1. The number of aromatic nitrogens is 3. The first-order valence-electron chi connectivity index (χ1n) is 7.66. The molecule has 2 N–H and O–H groups in total. The minimum atomic E-state index is -0.975. The molecule has 0 fully saturated rings. The Hall–Kier alpha value is -2.93. The van der Waals surface area contributed by atoms with Crippen molar-refractivity contribution < 1.29 is 13.9 Å². The van der Waals surface area contributed by atoms with Gasteiger partial charge in [-0.15, -0.1) is 0 Å². The van der Waals surface area contributed by atoms with Crippen molar-refractivity contribution in [2.45, 2.75) is 13.0 Å². The van der Waals surface area contributed by atoms with Crippen LogP contribution in [0.2, 0.25) is 0 Å². The predicted octanol–water partition coefficient (Wildman–Crippen LogP) is 3.27. The molecule has 0 aliphatic rings. The largest absolute Gasteiger partial charge is 0.394 e. The van der Waals surface area contributed by atoms with E-state index in [1.807, 2.05) is 6.07 Å².